The molecular formula is C22H18F5N3O3S. The number of halogens is 5. The van der Waals surface area contributed by atoms with Crippen molar-refractivity contribution in [1.29, 1.82) is 0 Å². The van der Waals surface area contributed by atoms with Crippen LogP contribution < -0.4 is 10.1 Å². The summed E-state index contributed by atoms with van der Waals surface area (Å²) in [5.74, 6) is -4.60. The van der Waals surface area contributed by atoms with E-state index in [2.05, 4.69) is 15.5 Å². The molecule has 3 atom stereocenters. The Morgan fingerprint density at radius 3 is 2.68 bits per heavy atom. The van der Waals surface area contributed by atoms with Crippen molar-refractivity contribution in [2.24, 2.45) is 0 Å². The topological polar surface area (TPSA) is 77.2 Å². The molecular weight excluding hydrogens is 481 g/mol. The molecule has 0 radical (unpaired) electrons. The second kappa shape index (κ2) is 8.90. The fourth-order valence-corrected chi connectivity index (χ4v) is 5.47. The Bertz CT molecular complexity index is 1200. The van der Waals surface area contributed by atoms with E-state index in [0.717, 1.165) is 32.6 Å². The first kappa shape index (κ1) is 24.0. The molecule has 6 nitrogen and oxygen atoms in total. The molecule has 2 aromatic carbocycles. The molecule has 180 valence electrons. The van der Waals surface area contributed by atoms with Gasteiger partial charge in [-0.2, -0.15) is 22.5 Å². The zero-order chi connectivity index (χ0) is 24.7. The zero-order valence-electron chi connectivity index (χ0n) is 17.8. The predicted molar refractivity (Wildman–Crippen MR) is 114 cm³/mol. The van der Waals surface area contributed by atoms with Crippen molar-refractivity contribution in [1.82, 2.24) is 10.1 Å². The molecule has 1 saturated heterocycles. The number of carbonyl (C=O) groups is 1. The average Bonchev–Trinajstić information content (AvgIpc) is 3.44. The van der Waals surface area contributed by atoms with Crippen LogP contribution in [0.3, 0.4) is 0 Å². The summed E-state index contributed by atoms with van der Waals surface area (Å²) < 4.78 is 77.1. The number of amides is 1. The fraction of sp³-hybridized carbons (Fsp3) is 0.318. The quantitative estimate of drug-likeness (QED) is 0.463. The number of carbonyl (C=O) groups excluding carboxylic acids is 1. The van der Waals surface area contributed by atoms with Crippen molar-refractivity contribution < 1.29 is 36.0 Å². The van der Waals surface area contributed by atoms with E-state index in [1.807, 2.05) is 0 Å². The van der Waals surface area contributed by atoms with Crippen LogP contribution in [-0.2, 0) is 4.79 Å². The van der Waals surface area contributed by atoms with Crippen LogP contribution in [0.25, 0.3) is 11.4 Å². The Balaban J connectivity index is 1.69. The lowest BCUT2D eigenvalue weighted by atomic mass is 9.85. The van der Waals surface area contributed by atoms with Gasteiger partial charge in [-0.1, -0.05) is 23.4 Å². The average molecular weight is 499 g/mol. The van der Waals surface area contributed by atoms with E-state index in [1.165, 1.54) is 0 Å². The van der Waals surface area contributed by atoms with E-state index in [1.54, 1.807) is 24.3 Å². The van der Waals surface area contributed by atoms with Crippen molar-refractivity contribution >= 4 is 23.4 Å². The lowest BCUT2D eigenvalue weighted by Gasteiger charge is -2.26. The highest BCUT2D eigenvalue weighted by atomic mass is 32.2. The molecule has 1 aliphatic heterocycles. The van der Waals surface area contributed by atoms with Gasteiger partial charge in [-0.3, -0.25) is 4.79 Å². The standard InChI is InChI=1S/C22H18F5N3O3S/c1-21(22(25,26)27)9-14(13-6-7-15(23)16(24)17(13)32-2)18(34-21)20(31)29-12-5-3-4-11(8-12)19-28-10-33-30-19/h3-8,10,14,18H,9H2,1-2H3,(H,29,31)/t14-,18+,21+/m0/s1. The van der Waals surface area contributed by atoms with Crippen LogP contribution in [0.5, 0.6) is 5.75 Å². The SMILES string of the molecule is COc1c([C@@H]2C[C@](C)(C(F)(F)F)S[C@H]2C(=O)Nc2cccc(-c3ncon3)c2)ccc(F)c1F. The van der Waals surface area contributed by atoms with Crippen molar-refractivity contribution in [2.75, 3.05) is 12.4 Å². The number of benzene rings is 2. The number of thioether (sulfide) groups is 1. The summed E-state index contributed by atoms with van der Waals surface area (Å²) in [6.45, 7) is 0.987. The van der Waals surface area contributed by atoms with Crippen LogP contribution in [0, 0.1) is 11.6 Å². The summed E-state index contributed by atoms with van der Waals surface area (Å²) in [6, 6.07) is 8.33. The summed E-state index contributed by atoms with van der Waals surface area (Å²) in [7, 11) is 1.09. The van der Waals surface area contributed by atoms with Gasteiger partial charge in [0, 0.05) is 22.7 Å². The second-order valence-corrected chi connectivity index (χ2v) is 9.53. The maximum Gasteiger partial charge on any atom is 0.403 e. The summed E-state index contributed by atoms with van der Waals surface area (Å²) in [6.07, 6.45) is -4.04. The number of anilines is 1. The predicted octanol–water partition coefficient (Wildman–Crippen LogP) is 5.57. The Morgan fingerprint density at radius 1 is 1.26 bits per heavy atom. The maximum atomic E-state index is 14.3. The molecule has 0 saturated carbocycles. The third-order valence-electron chi connectivity index (χ3n) is 5.65. The van der Waals surface area contributed by atoms with E-state index in [-0.39, 0.29) is 11.4 Å². The van der Waals surface area contributed by atoms with Crippen LogP contribution in [0.15, 0.2) is 47.3 Å². The molecule has 1 amide bonds. The number of aromatic nitrogens is 2. The summed E-state index contributed by atoms with van der Waals surface area (Å²) in [5, 5.41) is 5.06. The summed E-state index contributed by atoms with van der Waals surface area (Å²) >= 11 is 0.433. The highest BCUT2D eigenvalue weighted by molar-refractivity contribution is 8.02. The van der Waals surface area contributed by atoms with Gasteiger partial charge in [0.2, 0.25) is 23.9 Å². The van der Waals surface area contributed by atoms with Gasteiger partial charge in [-0.25, -0.2) is 4.39 Å². The van der Waals surface area contributed by atoms with Crippen molar-refractivity contribution in [3.05, 3.63) is 60.0 Å². The molecule has 34 heavy (non-hydrogen) atoms. The van der Waals surface area contributed by atoms with Gasteiger partial charge in [0.1, 0.15) is 4.75 Å². The number of nitrogens with one attached hydrogen (secondary N) is 1. The Labute approximate surface area is 194 Å². The van der Waals surface area contributed by atoms with Crippen LogP contribution in [0.4, 0.5) is 27.6 Å². The van der Waals surface area contributed by atoms with Crippen LogP contribution >= 0.6 is 11.8 Å². The molecule has 12 heteroatoms. The third-order valence-corrected chi connectivity index (χ3v) is 7.37. The molecule has 0 spiro atoms. The number of rotatable bonds is 5. The van der Waals surface area contributed by atoms with Gasteiger partial charge in [0.25, 0.3) is 0 Å². The highest BCUT2D eigenvalue weighted by Crippen LogP contribution is 2.59. The van der Waals surface area contributed by atoms with E-state index < -0.39 is 51.8 Å². The van der Waals surface area contributed by atoms with Gasteiger partial charge in [-0.05, 0) is 31.5 Å². The molecule has 0 aliphatic carbocycles. The van der Waals surface area contributed by atoms with E-state index in [4.69, 9.17) is 9.26 Å². The monoisotopic (exact) mass is 499 g/mol. The van der Waals surface area contributed by atoms with E-state index in [9.17, 15) is 26.7 Å². The second-order valence-electron chi connectivity index (χ2n) is 7.89. The largest absolute Gasteiger partial charge is 0.493 e. The molecule has 1 aromatic heterocycles. The first-order valence-corrected chi connectivity index (χ1v) is 10.9. The molecule has 1 N–H and O–H groups in total. The third kappa shape index (κ3) is 4.33. The molecule has 4 rings (SSSR count). The van der Waals surface area contributed by atoms with Gasteiger partial charge < -0.3 is 14.6 Å². The summed E-state index contributed by atoms with van der Waals surface area (Å²) in [5.41, 5.74) is 0.802. The van der Waals surface area contributed by atoms with E-state index in [0.29, 0.717) is 23.0 Å². The maximum absolute atomic E-state index is 14.3. The van der Waals surface area contributed by atoms with Crippen molar-refractivity contribution in [3.8, 4) is 17.1 Å². The molecule has 1 fully saturated rings. The molecule has 3 aromatic rings. The Morgan fingerprint density at radius 2 is 2.03 bits per heavy atom. The number of ether oxygens (including phenoxy) is 1. The first-order valence-electron chi connectivity index (χ1n) is 9.98. The van der Waals surface area contributed by atoms with Gasteiger partial charge in [-0.15, -0.1) is 11.8 Å². The van der Waals surface area contributed by atoms with Crippen LogP contribution in [0.2, 0.25) is 0 Å². The van der Waals surface area contributed by atoms with Gasteiger partial charge >= 0.3 is 6.18 Å². The number of alkyl halides is 3. The van der Waals surface area contributed by atoms with Crippen molar-refractivity contribution in [2.45, 2.75) is 35.4 Å². The minimum Gasteiger partial charge on any atom is -0.493 e. The van der Waals surface area contributed by atoms with Crippen LogP contribution in [-0.4, -0.2) is 39.3 Å². The molecule has 2 heterocycles. The van der Waals surface area contributed by atoms with Gasteiger partial charge in [0.05, 0.1) is 12.4 Å². The minimum atomic E-state index is -4.64. The molecule has 1 aliphatic rings. The van der Waals surface area contributed by atoms with Crippen LogP contribution in [0.1, 0.15) is 24.8 Å². The Kier molecular flexibility index (Phi) is 6.28. The lowest BCUT2D eigenvalue weighted by molar-refractivity contribution is -0.155. The molecule has 0 bridgehead atoms. The number of nitrogens with zero attached hydrogens (tertiary/aromatic N) is 2. The minimum absolute atomic E-state index is 0.0115. The number of hydrogen-bond donors (Lipinski definition) is 1. The fourth-order valence-electron chi connectivity index (χ4n) is 3.92. The molecule has 0 unspecified atom stereocenters. The first-order chi connectivity index (χ1) is 16.0. The zero-order valence-corrected chi connectivity index (χ0v) is 18.6. The smallest absolute Gasteiger partial charge is 0.403 e. The lowest BCUT2D eigenvalue weighted by Crippen LogP contribution is -2.37. The normalized spacial score (nSPS) is 22.6. The van der Waals surface area contributed by atoms with Gasteiger partial charge in [0.15, 0.2) is 11.6 Å². The highest BCUT2D eigenvalue weighted by Gasteiger charge is 2.60. The summed E-state index contributed by atoms with van der Waals surface area (Å²) in [4.78, 5) is 17.1. The van der Waals surface area contributed by atoms with Crippen molar-refractivity contribution in [3.63, 3.8) is 0 Å². The number of hydrogen-bond acceptors (Lipinski definition) is 6. The number of methoxy groups -OCH3 is 1. The Hall–Kier alpha value is -3.15. The van der Waals surface area contributed by atoms with E-state index >= 15 is 0 Å².